The Hall–Kier alpha value is -2.59. The minimum atomic E-state index is -3.51. The molecule has 0 aliphatic heterocycles. The zero-order chi connectivity index (χ0) is 23.9. The maximum atomic E-state index is 12.5. The summed E-state index contributed by atoms with van der Waals surface area (Å²) in [6, 6.07) is 12.9. The van der Waals surface area contributed by atoms with Crippen LogP contribution in [0.25, 0.3) is 0 Å². The number of carbonyl (C=O) groups is 1. The van der Waals surface area contributed by atoms with E-state index in [2.05, 4.69) is 5.32 Å². The van der Waals surface area contributed by atoms with Crippen molar-refractivity contribution in [2.45, 2.75) is 37.1 Å². The van der Waals surface area contributed by atoms with Crippen LogP contribution in [0.2, 0.25) is 0 Å². The third kappa shape index (κ3) is 7.23. The van der Waals surface area contributed by atoms with Gasteiger partial charge >= 0.3 is 0 Å². The van der Waals surface area contributed by atoms with Crippen molar-refractivity contribution in [1.29, 1.82) is 0 Å². The molecule has 2 aromatic carbocycles. The highest BCUT2D eigenvalue weighted by molar-refractivity contribution is 7.92. The summed E-state index contributed by atoms with van der Waals surface area (Å²) >= 11 is 0. The van der Waals surface area contributed by atoms with Gasteiger partial charge in [0.15, 0.2) is 9.84 Å². The van der Waals surface area contributed by atoms with Gasteiger partial charge in [0.25, 0.3) is 0 Å². The van der Waals surface area contributed by atoms with Crippen molar-refractivity contribution in [2.75, 3.05) is 30.5 Å². The van der Waals surface area contributed by atoms with Gasteiger partial charge in [-0.1, -0.05) is 19.1 Å². The molecule has 0 spiro atoms. The molecule has 0 aliphatic rings. The Labute approximate surface area is 190 Å². The molecule has 1 atom stereocenters. The molecule has 0 aromatic heterocycles. The fraction of sp³-hybridized carbons (Fsp3) is 0.409. The van der Waals surface area contributed by atoms with Crippen LogP contribution in [0.5, 0.6) is 5.75 Å². The third-order valence-electron chi connectivity index (χ3n) is 4.98. The highest BCUT2D eigenvalue weighted by Gasteiger charge is 2.19. The maximum absolute atomic E-state index is 12.5. The number of benzene rings is 2. The number of anilines is 1. The van der Waals surface area contributed by atoms with Crippen LogP contribution in [-0.2, 0) is 24.7 Å². The number of sulfonamides is 1. The molecule has 0 saturated carbocycles. The highest BCUT2D eigenvalue weighted by Crippen LogP contribution is 2.22. The monoisotopic (exact) mass is 482 g/mol. The average Bonchev–Trinajstić information content (AvgIpc) is 2.74. The number of nitrogens with zero attached hydrogens (tertiary/aromatic N) is 1. The van der Waals surface area contributed by atoms with Gasteiger partial charge in [0, 0.05) is 19.2 Å². The smallest absolute Gasteiger partial charge is 0.232 e. The van der Waals surface area contributed by atoms with Crippen molar-refractivity contribution in [1.82, 2.24) is 5.32 Å². The topological polar surface area (TPSA) is 110 Å². The maximum Gasteiger partial charge on any atom is 0.232 e. The summed E-state index contributed by atoms with van der Waals surface area (Å²) in [5.41, 5.74) is 1.32. The van der Waals surface area contributed by atoms with Gasteiger partial charge in [-0.2, -0.15) is 0 Å². The van der Waals surface area contributed by atoms with Crippen molar-refractivity contribution in [2.24, 2.45) is 0 Å². The zero-order valence-electron chi connectivity index (χ0n) is 18.7. The first-order chi connectivity index (χ1) is 15.0. The van der Waals surface area contributed by atoms with E-state index < -0.39 is 19.9 Å². The van der Waals surface area contributed by atoms with Gasteiger partial charge in [0.2, 0.25) is 15.9 Å². The number of nitrogens with one attached hydrogen (secondary N) is 1. The molecule has 2 aromatic rings. The average molecular weight is 483 g/mol. The quantitative estimate of drug-likeness (QED) is 0.527. The van der Waals surface area contributed by atoms with Crippen LogP contribution >= 0.6 is 0 Å². The van der Waals surface area contributed by atoms with Gasteiger partial charge in [0.1, 0.15) is 5.75 Å². The number of carbonyl (C=O) groups excluding carboxylic acids is 1. The Balaban J connectivity index is 1.98. The van der Waals surface area contributed by atoms with Crippen molar-refractivity contribution in [3.05, 3.63) is 54.1 Å². The molecule has 0 radical (unpaired) electrons. The molecular formula is C22H30N2O6S2. The van der Waals surface area contributed by atoms with Crippen LogP contribution in [0.3, 0.4) is 0 Å². The van der Waals surface area contributed by atoms with Crippen molar-refractivity contribution >= 4 is 31.5 Å². The Morgan fingerprint density at radius 2 is 1.59 bits per heavy atom. The number of hydrogen-bond acceptors (Lipinski definition) is 6. The molecular weight excluding hydrogens is 452 g/mol. The lowest BCUT2D eigenvalue weighted by Crippen LogP contribution is -2.33. The largest absolute Gasteiger partial charge is 0.497 e. The molecule has 176 valence electrons. The predicted molar refractivity (Wildman–Crippen MR) is 125 cm³/mol. The van der Waals surface area contributed by atoms with E-state index in [1.165, 1.54) is 23.5 Å². The van der Waals surface area contributed by atoms with E-state index >= 15 is 0 Å². The normalized spacial score (nSPS) is 12.8. The van der Waals surface area contributed by atoms with Crippen LogP contribution in [0.4, 0.5) is 5.69 Å². The fourth-order valence-corrected chi connectivity index (χ4v) is 4.85. The van der Waals surface area contributed by atoms with Gasteiger partial charge in [-0.05, 0) is 54.8 Å². The van der Waals surface area contributed by atoms with Crippen molar-refractivity contribution < 1.29 is 26.4 Å². The summed E-state index contributed by atoms with van der Waals surface area (Å²) < 4.78 is 54.0. The first-order valence-corrected chi connectivity index (χ1v) is 13.9. The number of sulfone groups is 1. The van der Waals surface area contributed by atoms with Crippen LogP contribution < -0.4 is 14.4 Å². The van der Waals surface area contributed by atoms with E-state index in [1.807, 2.05) is 6.92 Å². The van der Waals surface area contributed by atoms with Gasteiger partial charge in [-0.3, -0.25) is 9.10 Å². The molecule has 0 aliphatic carbocycles. The summed E-state index contributed by atoms with van der Waals surface area (Å²) in [7, 11) is -5.26. The molecule has 1 amide bonds. The van der Waals surface area contributed by atoms with E-state index in [0.29, 0.717) is 24.3 Å². The summed E-state index contributed by atoms with van der Waals surface area (Å²) in [6.07, 6.45) is 3.40. The Bertz CT molecular complexity index is 1110. The summed E-state index contributed by atoms with van der Waals surface area (Å²) in [6.45, 7) is 2.09. The molecule has 0 fully saturated rings. The Kier molecular flexibility index (Phi) is 8.68. The molecule has 8 nitrogen and oxygen atoms in total. The number of ether oxygens (including phenoxy) is 1. The summed E-state index contributed by atoms with van der Waals surface area (Å²) in [4.78, 5) is 12.7. The highest BCUT2D eigenvalue weighted by atomic mass is 32.2. The van der Waals surface area contributed by atoms with E-state index in [1.54, 1.807) is 36.4 Å². The van der Waals surface area contributed by atoms with Crippen LogP contribution in [0.1, 0.15) is 37.8 Å². The minimum Gasteiger partial charge on any atom is -0.497 e. The molecule has 0 heterocycles. The van der Waals surface area contributed by atoms with E-state index in [4.69, 9.17) is 4.74 Å². The van der Waals surface area contributed by atoms with E-state index in [9.17, 15) is 21.6 Å². The fourth-order valence-electron chi connectivity index (χ4n) is 3.25. The first kappa shape index (κ1) is 25.7. The standard InChI is InChI=1S/C22H30N2O6S2/c1-5-21(17-8-14-20(15-9-17)31(3,26)27)23-22(25)7-6-16-24(32(4,28)29)18-10-12-19(30-2)13-11-18/h8-15,21H,5-7,16H2,1-4H3,(H,23,25)/t21-/m1/s1. The Morgan fingerprint density at radius 3 is 2.06 bits per heavy atom. The lowest BCUT2D eigenvalue weighted by Gasteiger charge is -2.23. The molecule has 2 rings (SSSR count). The third-order valence-corrected chi connectivity index (χ3v) is 7.30. The van der Waals surface area contributed by atoms with Gasteiger partial charge in [0.05, 0.1) is 30.0 Å². The lowest BCUT2D eigenvalue weighted by molar-refractivity contribution is -0.121. The first-order valence-electron chi connectivity index (χ1n) is 10.2. The zero-order valence-corrected chi connectivity index (χ0v) is 20.4. The van der Waals surface area contributed by atoms with Crippen LogP contribution in [0, 0.1) is 0 Å². The second kappa shape index (κ2) is 10.8. The van der Waals surface area contributed by atoms with Gasteiger partial charge in [-0.15, -0.1) is 0 Å². The second-order valence-corrected chi connectivity index (χ2v) is 11.4. The predicted octanol–water partition coefficient (Wildman–Crippen LogP) is 2.91. The van der Waals surface area contributed by atoms with E-state index in [-0.39, 0.29) is 29.8 Å². The minimum absolute atomic E-state index is 0.153. The van der Waals surface area contributed by atoms with Gasteiger partial charge < -0.3 is 10.1 Å². The van der Waals surface area contributed by atoms with Crippen molar-refractivity contribution in [3.8, 4) is 5.75 Å². The molecule has 0 bridgehead atoms. The molecule has 0 saturated heterocycles. The number of methoxy groups -OCH3 is 1. The number of amides is 1. The molecule has 0 unspecified atom stereocenters. The lowest BCUT2D eigenvalue weighted by atomic mass is 10.0. The molecule has 1 N–H and O–H groups in total. The molecule has 10 heteroatoms. The second-order valence-electron chi connectivity index (χ2n) is 7.51. The SMILES string of the molecule is CC[C@@H](NC(=O)CCCN(c1ccc(OC)cc1)S(C)(=O)=O)c1ccc(S(C)(=O)=O)cc1. The Morgan fingerprint density at radius 1 is 1.00 bits per heavy atom. The van der Waals surface area contributed by atoms with Crippen LogP contribution in [0.15, 0.2) is 53.4 Å². The van der Waals surface area contributed by atoms with E-state index in [0.717, 1.165) is 18.1 Å². The van der Waals surface area contributed by atoms with Gasteiger partial charge in [-0.25, -0.2) is 16.8 Å². The summed E-state index contributed by atoms with van der Waals surface area (Å²) in [5, 5.41) is 2.94. The number of hydrogen-bond donors (Lipinski definition) is 1. The van der Waals surface area contributed by atoms with Crippen molar-refractivity contribution in [3.63, 3.8) is 0 Å². The summed E-state index contributed by atoms with van der Waals surface area (Å²) in [5.74, 6) is 0.420. The molecule has 32 heavy (non-hydrogen) atoms. The van der Waals surface area contributed by atoms with Crippen LogP contribution in [-0.4, -0.2) is 48.9 Å². The number of rotatable bonds is 11.